The molecule has 8 heteroatoms. The van der Waals surface area contributed by atoms with Gasteiger partial charge in [0.1, 0.15) is 6.33 Å². The molecule has 1 aromatic heterocycles. The van der Waals surface area contributed by atoms with E-state index >= 15 is 0 Å². The second kappa shape index (κ2) is 6.29. The summed E-state index contributed by atoms with van der Waals surface area (Å²) in [6.45, 7) is 0.326. The molecule has 0 bridgehead atoms. The molecule has 2 aromatic rings. The maximum Gasteiger partial charge on any atom is 0.372 e. The Hall–Kier alpha value is -3.21. The molecule has 2 rings (SSSR count). The minimum atomic E-state index is -0.597. The molecular weight excluding hydrogens is 274 g/mol. The Kier molecular flexibility index (Phi) is 4.26. The van der Waals surface area contributed by atoms with Crippen molar-refractivity contribution in [2.45, 2.75) is 6.54 Å². The Bertz CT molecular complexity index is 694. The SMILES string of the molecule is COc1ncnc(NCc2ccc(C#N)cc2)c1[N+](=O)[O-]. The third-order valence-electron chi connectivity index (χ3n) is 2.71. The number of nitro groups is 1. The predicted octanol–water partition coefficient (Wildman–Crippen LogP) is 1.88. The molecule has 0 aliphatic rings. The Labute approximate surface area is 120 Å². The lowest BCUT2D eigenvalue weighted by Gasteiger charge is -2.07. The van der Waals surface area contributed by atoms with Crippen molar-refractivity contribution in [3.8, 4) is 11.9 Å². The second-order valence-corrected chi connectivity index (χ2v) is 4.00. The van der Waals surface area contributed by atoms with Crippen LogP contribution in [0.2, 0.25) is 0 Å². The van der Waals surface area contributed by atoms with Gasteiger partial charge in [-0.2, -0.15) is 10.2 Å². The number of aromatic nitrogens is 2. The van der Waals surface area contributed by atoms with Crippen LogP contribution in [0.15, 0.2) is 30.6 Å². The minimum Gasteiger partial charge on any atom is -0.476 e. The van der Waals surface area contributed by atoms with E-state index in [9.17, 15) is 10.1 Å². The number of benzene rings is 1. The lowest BCUT2D eigenvalue weighted by molar-refractivity contribution is -0.385. The summed E-state index contributed by atoms with van der Waals surface area (Å²) in [6.07, 6.45) is 1.19. The summed E-state index contributed by atoms with van der Waals surface area (Å²) in [5, 5.41) is 22.7. The fourth-order valence-corrected chi connectivity index (χ4v) is 1.69. The Morgan fingerprint density at radius 1 is 1.38 bits per heavy atom. The summed E-state index contributed by atoms with van der Waals surface area (Å²) in [7, 11) is 1.31. The number of anilines is 1. The van der Waals surface area contributed by atoms with Crippen LogP contribution in [-0.2, 0) is 6.54 Å². The van der Waals surface area contributed by atoms with E-state index in [4.69, 9.17) is 10.00 Å². The number of hydrogen-bond donors (Lipinski definition) is 1. The van der Waals surface area contributed by atoms with Gasteiger partial charge in [-0.1, -0.05) is 12.1 Å². The van der Waals surface area contributed by atoms with Gasteiger partial charge in [-0.15, -0.1) is 0 Å². The van der Waals surface area contributed by atoms with Crippen molar-refractivity contribution < 1.29 is 9.66 Å². The second-order valence-electron chi connectivity index (χ2n) is 4.00. The maximum atomic E-state index is 11.1. The van der Waals surface area contributed by atoms with E-state index in [0.717, 1.165) is 5.56 Å². The van der Waals surface area contributed by atoms with Crippen LogP contribution < -0.4 is 10.1 Å². The lowest BCUT2D eigenvalue weighted by Crippen LogP contribution is -2.07. The van der Waals surface area contributed by atoms with E-state index in [0.29, 0.717) is 12.1 Å². The van der Waals surface area contributed by atoms with Gasteiger partial charge in [0.25, 0.3) is 5.88 Å². The molecule has 21 heavy (non-hydrogen) atoms. The average molecular weight is 285 g/mol. The van der Waals surface area contributed by atoms with E-state index in [1.54, 1.807) is 24.3 Å². The molecule has 0 saturated carbocycles. The van der Waals surface area contributed by atoms with E-state index in [-0.39, 0.29) is 17.4 Å². The first-order valence-electron chi connectivity index (χ1n) is 5.92. The molecule has 1 N–H and O–H groups in total. The zero-order valence-electron chi connectivity index (χ0n) is 11.1. The summed E-state index contributed by atoms with van der Waals surface area (Å²) < 4.78 is 4.86. The van der Waals surface area contributed by atoms with Gasteiger partial charge < -0.3 is 10.1 Å². The molecule has 1 heterocycles. The van der Waals surface area contributed by atoms with Gasteiger partial charge in [0.05, 0.1) is 23.7 Å². The summed E-state index contributed by atoms with van der Waals surface area (Å²) >= 11 is 0. The van der Waals surface area contributed by atoms with Crippen LogP contribution in [0.4, 0.5) is 11.5 Å². The number of rotatable bonds is 5. The van der Waals surface area contributed by atoms with Crippen molar-refractivity contribution in [2.75, 3.05) is 12.4 Å². The van der Waals surface area contributed by atoms with E-state index in [1.165, 1.54) is 13.4 Å². The molecular formula is C13H11N5O3. The molecule has 0 radical (unpaired) electrons. The molecule has 0 aliphatic heterocycles. The molecule has 8 nitrogen and oxygen atoms in total. The predicted molar refractivity (Wildman–Crippen MR) is 73.7 cm³/mol. The van der Waals surface area contributed by atoms with Crippen molar-refractivity contribution >= 4 is 11.5 Å². The van der Waals surface area contributed by atoms with Gasteiger partial charge in [-0.25, -0.2) is 4.98 Å². The highest BCUT2D eigenvalue weighted by Gasteiger charge is 2.23. The van der Waals surface area contributed by atoms with Gasteiger partial charge in [0.15, 0.2) is 0 Å². The van der Waals surface area contributed by atoms with Gasteiger partial charge in [-0.05, 0) is 17.7 Å². The molecule has 0 amide bonds. The fourth-order valence-electron chi connectivity index (χ4n) is 1.69. The number of nitrogens with one attached hydrogen (secondary N) is 1. The summed E-state index contributed by atoms with van der Waals surface area (Å²) in [5.74, 6) is -0.0199. The van der Waals surface area contributed by atoms with Crippen LogP contribution in [0, 0.1) is 21.4 Å². The normalized spacial score (nSPS) is 9.71. The first-order valence-corrected chi connectivity index (χ1v) is 5.92. The summed E-state index contributed by atoms with van der Waals surface area (Å²) in [6, 6.07) is 8.88. The molecule has 0 aliphatic carbocycles. The monoisotopic (exact) mass is 285 g/mol. The molecule has 0 atom stereocenters. The number of nitriles is 1. The van der Waals surface area contributed by atoms with Crippen molar-refractivity contribution in [2.24, 2.45) is 0 Å². The van der Waals surface area contributed by atoms with E-state index in [1.807, 2.05) is 6.07 Å². The van der Waals surface area contributed by atoms with Crippen LogP contribution in [0.1, 0.15) is 11.1 Å². The molecule has 1 aromatic carbocycles. The topological polar surface area (TPSA) is 114 Å². The van der Waals surface area contributed by atoms with Gasteiger partial charge >= 0.3 is 5.69 Å². The van der Waals surface area contributed by atoms with E-state index in [2.05, 4.69) is 15.3 Å². The van der Waals surface area contributed by atoms with Gasteiger partial charge in [0, 0.05) is 6.54 Å². The molecule has 106 valence electrons. The minimum absolute atomic E-state index is 0.0798. The highest BCUT2D eigenvalue weighted by molar-refractivity contribution is 5.61. The van der Waals surface area contributed by atoms with Gasteiger partial charge in [0.2, 0.25) is 5.82 Å². The number of methoxy groups -OCH3 is 1. The number of ether oxygens (including phenoxy) is 1. The highest BCUT2D eigenvalue weighted by atomic mass is 16.6. The smallest absolute Gasteiger partial charge is 0.372 e. The van der Waals surface area contributed by atoms with E-state index < -0.39 is 4.92 Å². The Morgan fingerprint density at radius 2 is 2.10 bits per heavy atom. The Morgan fingerprint density at radius 3 is 2.67 bits per heavy atom. The standard InChI is InChI=1S/C13H11N5O3/c1-21-13-11(18(19)20)12(16-8-17-13)15-7-10-4-2-9(6-14)3-5-10/h2-5,8H,7H2,1H3,(H,15,16,17). The molecule has 0 fully saturated rings. The number of hydrogen-bond acceptors (Lipinski definition) is 7. The average Bonchev–Trinajstić information content (AvgIpc) is 2.52. The Balaban J connectivity index is 2.19. The third-order valence-corrected chi connectivity index (χ3v) is 2.71. The van der Waals surface area contributed by atoms with Crippen molar-refractivity contribution in [3.63, 3.8) is 0 Å². The first-order chi connectivity index (χ1) is 10.2. The number of nitrogens with zero attached hydrogens (tertiary/aromatic N) is 4. The fraction of sp³-hybridized carbons (Fsp3) is 0.154. The largest absolute Gasteiger partial charge is 0.476 e. The van der Waals surface area contributed by atoms with Crippen LogP contribution in [0.3, 0.4) is 0 Å². The lowest BCUT2D eigenvalue weighted by atomic mass is 10.1. The zero-order chi connectivity index (χ0) is 15.2. The van der Waals surface area contributed by atoms with Gasteiger partial charge in [-0.3, -0.25) is 10.1 Å². The van der Waals surface area contributed by atoms with Crippen LogP contribution in [0.5, 0.6) is 5.88 Å². The highest BCUT2D eigenvalue weighted by Crippen LogP contribution is 2.30. The third kappa shape index (κ3) is 3.22. The van der Waals surface area contributed by atoms with Crippen LogP contribution in [-0.4, -0.2) is 22.0 Å². The van der Waals surface area contributed by atoms with Crippen molar-refractivity contribution in [1.29, 1.82) is 5.26 Å². The van der Waals surface area contributed by atoms with Crippen LogP contribution in [0.25, 0.3) is 0 Å². The quantitative estimate of drug-likeness (QED) is 0.658. The summed E-state index contributed by atoms with van der Waals surface area (Å²) in [4.78, 5) is 18.0. The molecule has 0 unspecified atom stereocenters. The summed E-state index contributed by atoms with van der Waals surface area (Å²) in [5.41, 5.74) is 1.10. The van der Waals surface area contributed by atoms with Crippen molar-refractivity contribution in [3.05, 3.63) is 51.8 Å². The maximum absolute atomic E-state index is 11.1. The molecule has 0 spiro atoms. The van der Waals surface area contributed by atoms with Crippen molar-refractivity contribution in [1.82, 2.24) is 9.97 Å². The molecule has 0 saturated heterocycles. The zero-order valence-corrected chi connectivity index (χ0v) is 11.1. The first kappa shape index (κ1) is 14.2. The van der Waals surface area contributed by atoms with Crippen LogP contribution >= 0.6 is 0 Å².